The van der Waals surface area contributed by atoms with E-state index in [4.69, 9.17) is 6.57 Å². The summed E-state index contributed by atoms with van der Waals surface area (Å²) in [5.41, 5.74) is 15.3. The topological polar surface area (TPSA) is 14.2 Å². The number of benzene rings is 7. The molecule has 218 valence electrons. The molecule has 0 radical (unpaired) electrons. The van der Waals surface area contributed by atoms with Gasteiger partial charge in [0.25, 0.3) is 0 Å². The first-order chi connectivity index (χ1) is 23.2. The molecule has 3 nitrogen and oxygen atoms in total. The first kappa shape index (κ1) is 25.9. The quantitative estimate of drug-likeness (QED) is 0.180. The lowest BCUT2D eigenvalue weighted by atomic mass is 10.0. The predicted molar refractivity (Wildman–Crippen MR) is 195 cm³/mol. The molecule has 0 fully saturated rings. The summed E-state index contributed by atoms with van der Waals surface area (Å²) in [4.78, 5) is 3.79. The molecular formula is C44H27N3. The zero-order valence-electron chi connectivity index (χ0n) is 25.5. The van der Waals surface area contributed by atoms with Crippen LogP contribution in [0.4, 0.5) is 5.69 Å². The van der Waals surface area contributed by atoms with Gasteiger partial charge in [-0.2, -0.15) is 0 Å². The Morgan fingerprint density at radius 2 is 1.02 bits per heavy atom. The van der Waals surface area contributed by atoms with Crippen molar-refractivity contribution in [1.82, 2.24) is 9.13 Å². The number of hydrogen-bond donors (Lipinski definition) is 0. The molecule has 0 atom stereocenters. The van der Waals surface area contributed by atoms with Crippen molar-refractivity contribution in [3.05, 3.63) is 174 Å². The fraction of sp³-hybridized carbons (Fsp3) is 0.0227. The minimum Gasteiger partial charge on any atom is -0.309 e. The van der Waals surface area contributed by atoms with E-state index < -0.39 is 0 Å². The highest BCUT2D eigenvalue weighted by atomic mass is 15.0. The Hall–Kier alpha value is -6.37. The van der Waals surface area contributed by atoms with Crippen molar-refractivity contribution in [2.24, 2.45) is 0 Å². The summed E-state index contributed by atoms with van der Waals surface area (Å²) >= 11 is 0. The van der Waals surface area contributed by atoms with Crippen LogP contribution >= 0.6 is 0 Å². The van der Waals surface area contributed by atoms with Gasteiger partial charge in [-0.05, 0) is 112 Å². The molecule has 0 aliphatic heterocycles. The molecule has 10 rings (SSSR count). The van der Waals surface area contributed by atoms with E-state index in [2.05, 4.69) is 154 Å². The summed E-state index contributed by atoms with van der Waals surface area (Å²) in [5, 5.41) is 4.72. The van der Waals surface area contributed by atoms with Crippen molar-refractivity contribution in [3.8, 4) is 33.6 Å². The molecule has 0 N–H and O–H groups in total. The van der Waals surface area contributed by atoms with Crippen molar-refractivity contribution in [3.63, 3.8) is 0 Å². The van der Waals surface area contributed by atoms with Gasteiger partial charge in [0.15, 0.2) is 5.69 Å². The van der Waals surface area contributed by atoms with E-state index in [1.807, 2.05) is 12.1 Å². The number of rotatable bonds is 3. The summed E-state index contributed by atoms with van der Waals surface area (Å²) in [6.07, 6.45) is 0.977. The molecule has 0 bridgehead atoms. The normalized spacial score (nSPS) is 12.1. The molecule has 0 unspecified atom stereocenters. The number of aromatic nitrogens is 2. The Labute approximate surface area is 272 Å². The first-order valence-electron chi connectivity index (χ1n) is 16.0. The summed E-state index contributed by atoms with van der Waals surface area (Å²) in [7, 11) is 0. The number of para-hydroxylation sites is 2. The lowest BCUT2D eigenvalue weighted by Crippen LogP contribution is -1.95. The monoisotopic (exact) mass is 597 g/mol. The minimum atomic E-state index is 0.653. The van der Waals surface area contributed by atoms with Crippen LogP contribution < -0.4 is 0 Å². The third-order valence-electron chi connectivity index (χ3n) is 9.94. The molecule has 3 heteroatoms. The Kier molecular flexibility index (Phi) is 5.41. The Balaban J connectivity index is 1.18. The second-order valence-corrected chi connectivity index (χ2v) is 12.5. The minimum absolute atomic E-state index is 0.653. The Morgan fingerprint density at radius 3 is 1.81 bits per heavy atom. The van der Waals surface area contributed by atoms with E-state index >= 15 is 0 Å². The zero-order chi connectivity index (χ0) is 31.1. The molecule has 2 heterocycles. The number of hydrogen-bond acceptors (Lipinski definition) is 0. The molecule has 2 aromatic heterocycles. The number of fused-ring (bicyclic) bond motifs is 9. The van der Waals surface area contributed by atoms with Gasteiger partial charge >= 0.3 is 0 Å². The molecular weight excluding hydrogens is 571 g/mol. The molecule has 1 aliphatic carbocycles. The summed E-state index contributed by atoms with van der Waals surface area (Å²) < 4.78 is 4.71. The summed E-state index contributed by atoms with van der Waals surface area (Å²) in [6.45, 7) is 7.75. The molecule has 0 spiro atoms. The highest BCUT2D eigenvalue weighted by Gasteiger charge is 2.21. The van der Waals surface area contributed by atoms with E-state index in [-0.39, 0.29) is 0 Å². The van der Waals surface area contributed by atoms with E-state index in [0.717, 1.165) is 45.2 Å². The molecule has 47 heavy (non-hydrogen) atoms. The SMILES string of the molecule is [C-]#[N+]c1ccc2c(c1)c1cc(-c3ccc4c(c3)c3ccccc3n4-c3ccccc3)ccc1n2-c1ccc2c(c1)-c1ccccc1C2. The standard InChI is InChI=1S/C44H27N3/c1-45-32-18-22-44-40(26-32)39-25-29(17-21-43(39)47(44)34-19-15-31-23-30-9-5-6-12-35(30)37(31)27-34)28-16-20-42-38(24-28)36-13-7-8-14-41(36)46(42)33-10-3-2-4-11-33/h2-22,24-27H,23H2. The molecule has 9 aromatic rings. The third-order valence-corrected chi connectivity index (χ3v) is 9.94. The molecule has 0 saturated carbocycles. The summed E-state index contributed by atoms with van der Waals surface area (Å²) in [5.74, 6) is 0. The zero-order valence-corrected chi connectivity index (χ0v) is 25.5. The van der Waals surface area contributed by atoms with Gasteiger partial charge in [-0.15, -0.1) is 0 Å². The second kappa shape index (κ2) is 9.81. The van der Waals surface area contributed by atoms with Gasteiger partial charge < -0.3 is 9.13 Å². The van der Waals surface area contributed by atoms with Crippen molar-refractivity contribution >= 4 is 49.3 Å². The molecule has 7 aromatic carbocycles. The average molecular weight is 598 g/mol. The van der Waals surface area contributed by atoms with Crippen LogP contribution in [0.2, 0.25) is 0 Å². The van der Waals surface area contributed by atoms with Gasteiger partial charge in [0, 0.05) is 27.5 Å². The third kappa shape index (κ3) is 3.79. The maximum absolute atomic E-state index is 7.75. The van der Waals surface area contributed by atoms with Crippen LogP contribution in [-0.2, 0) is 6.42 Å². The van der Waals surface area contributed by atoms with Crippen LogP contribution in [-0.4, -0.2) is 9.13 Å². The van der Waals surface area contributed by atoms with Crippen molar-refractivity contribution < 1.29 is 0 Å². The van der Waals surface area contributed by atoms with Crippen LogP contribution in [0.1, 0.15) is 11.1 Å². The van der Waals surface area contributed by atoms with E-state index in [9.17, 15) is 0 Å². The van der Waals surface area contributed by atoms with Crippen LogP contribution in [0, 0.1) is 6.57 Å². The van der Waals surface area contributed by atoms with Gasteiger partial charge in [0.1, 0.15) is 0 Å². The van der Waals surface area contributed by atoms with Gasteiger partial charge in [-0.1, -0.05) is 84.9 Å². The largest absolute Gasteiger partial charge is 0.309 e. The van der Waals surface area contributed by atoms with Crippen molar-refractivity contribution in [2.75, 3.05) is 0 Å². The van der Waals surface area contributed by atoms with E-state index in [1.165, 1.54) is 49.6 Å². The smallest absolute Gasteiger partial charge is 0.188 e. The van der Waals surface area contributed by atoms with Gasteiger partial charge in [0.05, 0.1) is 28.6 Å². The summed E-state index contributed by atoms with van der Waals surface area (Å²) in [6, 6.07) is 54.6. The first-order valence-corrected chi connectivity index (χ1v) is 16.0. The Bertz CT molecular complexity index is 2770. The fourth-order valence-electron chi connectivity index (χ4n) is 7.80. The van der Waals surface area contributed by atoms with E-state index in [1.54, 1.807) is 0 Å². The molecule has 0 saturated heterocycles. The lowest BCUT2D eigenvalue weighted by Gasteiger charge is -2.11. The van der Waals surface area contributed by atoms with Crippen LogP contribution in [0.5, 0.6) is 0 Å². The highest BCUT2D eigenvalue weighted by Crippen LogP contribution is 2.42. The van der Waals surface area contributed by atoms with Crippen LogP contribution in [0.25, 0.3) is 82.1 Å². The van der Waals surface area contributed by atoms with Gasteiger partial charge in [-0.25, -0.2) is 4.85 Å². The second-order valence-electron chi connectivity index (χ2n) is 12.5. The fourth-order valence-corrected chi connectivity index (χ4v) is 7.80. The maximum Gasteiger partial charge on any atom is 0.188 e. The Morgan fingerprint density at radius 1 is 0.426 bits per heavy atom. The lowest BCUT2D eigenvalue weighted by molar-refractivity contribution is 1.17. The number of nitrogens with zero attached hydrogens (tertiary/aromatic N) is 3. The molecule has 0 amide bonds. The van der Waals surface area contributed by atoms with E-state index in [0.29, 0.717) is 5.69 Å². The highest BCUT2D eigenvalue weighted by molar-refractivity contribution is 6.13. The van der Waals surface area contributed by atoms with Gasteiger partial charge in [-0.3, -0.25) is 0 Å². The van der Waals surface area contributed by atoms with Crippen molar-refractivity contribution in [2.45, 2.75) is 6.42 Å². The average Bonchev–Trinajstić information content (AvgIpc) is 3.78. The maximum atomic E-state index is 7.75. The predicted octanol–water partition coefficient (Wildman–Crippen LogP) is 11.7. The van der Waals surface area contributed by atoms with Crippen molar-refractivity contribution in [1.29, 1.82) is 0 Å². The van der Waals surface area contributed by atoms with Gasteiger partial charge in [0.2, 0.25) is 0 Å². The van der Waals surface area contributed by atoms with Crippen LogP contribution in [0.3, 0.4) is 0 Å². The molecule has 1 aliphatic rings. The van der Waals surface area contributed by atoms with Crippen LogP contribution in [0.15, 0.2) is 152 Å².